The summed E-state index contributed by atoms with van der Waals surface area (Å²) in [5.41, 5.74) is 21.6. The molecule has 0 amide bonds. The van der Waals surface area contributed by atoms with Crippen LogP contribution in [-0.4, -0.2) is 9.97 Å². The van der Waals surface area contributed by atoms with Crippen LogP contribution >= 0.6 is 0 Å². The Kier molecular flexibility index (Phi) is 8.11. The standard InChI is InChI=1S/C59H38N2/c1-3-17-39(18-4-1)40-31-33-42(34-32-40)56-38-57(61-58(60-56)50-27-10-7-21-44(50)41-19-5-2-6-20-41)43-35-36-55-51(37-43)49-26-13-16-30-54(49)59(55)52-28-14-11-24-47(52)45-22-8-9-23-46(45)48-25-12-15-29-53(48)59/h1-38H. The molecule has 0 fully saturated rings. The van der Waals surface area contributed by atoms with Gasteiger partial charge >= 0.3 is 0 Å². The molecule has 1 heterocycles. The monoisotopic (exact) mass is 774 g/mol. The highest BCUT2D eigenvalue weighted by Crippen LogP contribution is 2.61. The van der Waals surface area contributed by atoms with Crippen LogP contribution in [0.3, 0.4) is 0 Å². The SMILES string of the molecule is c1ccc(-c2ccc(-c3cc(-c4ccc5c(c4)-c4ccccc4C54c5ccccc5-c5ccccc5-c5ccccc54)nc(-c4ccccc4-c4ccccc4)n3)cc2)cc1. The van der Waals surface area contributed by atoms with Crippen LogP contribution in [0.25, 0.3) is 89.5 Å². The van der Waals surface area contributed by atoms with Crippen LogP contribution < -0.4 is 0 Å². The number of fused-ring (bicyclic) bond motifs is 12. The molecule has 1 aromatic heterocycles. The first-order valence-electron chi connectivity index (χ1n) is 21.0. The van der Waals surface area contributed by atoms with Crippen molar-refractivity contribution >= 4 is 0 Å². The fraction of sp³-hybridized carbons (Fsp3) is 0.0169. The molecule has 2 aliphatic rings. The third kappa shape index (κ3) is 5.50. The van der Waals surface area contributed by atoms with Gasteiger partial charge in [0.15, 0.2) is 5.82 Å². The maximum Gasteiger partial charge on any atom is 0.161 e. The van der Waals surface area contributed by atoms with Crippen LogP contribution in [0.15, 0.2) is 231 Å². The molecule has 0 N–H and O–H groups in total. The van der Waals surface area contributed by atoms with Crippen molar-refractivity contribution in [1.29, 1.82) is 0 Å². The second-order valence-electron chi connectivity index (χ2n) is 16.0. The first-order valence-corrected chi connectivity index (χ1v) is 21.0. The van der Waals surface area contributed by atoms with Crippen molar-refractivity contribution in [1.82, 2.24) is 9.97 Å². The molecular weight excluding hydrogens is 737 g/mol. The van der Waals surface area contributed by atoms with Gasteiger partial charge in [-0.05, 0) is 90.0 Å². The summed E-state index contributed by atoms with van der Waals surface area (Å²) >= 11 is 0. The third-order valence-corrected chi connectivity index (χ3v) is 12.8. The van der Waals surface area contributed by atoms with E-state index >= 15 is 0 Å². The van der Waals surface area contributed by atoms with Crippen LogP contribution in [-0.2, 0) is 5.41 Å². The molecule has 9 aromatic carbocycles. The Morgan fingerprint density at radius 3 is 1.18 bits per heavy atom. The molecule has 0 aliphatic heterocycles. The highest BCUT2D eigenvalue weighted by Gasteiger charge is 2.49. The molecule has 284 valence electrons. The minimum Gasteiger partial charge on any atom is -0.228 e. The molecule has 2 aliphatic carbocycles. The lowest BCUT2D eigenvalue weighted by Crippen LogP contribution is -2.29. The fourth-order valence-corrected chi connectivity index (χ4v) is 10.1. The molecule has 0 saturated carbocycles. The Morgan fingerprint density at radius 1 is 0.230 bits per heavy atom. The van der Waals surface area contributed by atoms with Gasteiger partial charge < -0.3 is 0 Å². The number of benzene rings is 9. The summed E-state index contributed by atoms with van der Waals surface area (Å²) in [6.45, 7) is 0. The highest BCUT2D eigenvalue weighted by atomic mass is 14.9. The second kappa shape index (κ2) is 14.1. The summed E-state index contributed by atoms with van der Waals surface area (Å²) in [4.78, 5) is 10.8. The molecule has 61 heavy (non-hydrogen) atoms. The van der Waals surface area contributed by atoms with E-state index in [4.69, 9.17) is 9.97 Å². The Labute approximate surface area is 356 Å². The van der Waals surface area contributed by atoms with Crippen molar-refractivity contribution in [2.75, 3.05) is 0 Å². The topological polar surface area (TPSA) is 25.8 Å². The van der Waals surface area contributed by atoms with Gasteiger partial charge in [-0.15, -0.1) is 0 Å². The van der Waals surface area contributed by atoms with Crippen LogP contribution in [0.5, 0.6) is 0 Å². The van der Waals surface area contributed by atoms with E-state index in [-0.39, 0.29) is 0 Å². The van der Waals surface area contributed by atoms with Gasteiger partial charge in [-0.25, -0.2) is 9.97 Å². The van der Waals surface area contributed by atoms with E-state index in [1.54, 1.807) is 0 Å². The van der Waals surface area contributed by atoms with Gasteiger partial charge in [0.05, 0.1) is 16.8 Å². The van der Waals surface area contributed by atoms with E-state index in [9.17, 15) is 0 Å². The zero-order valence-electron chi connectivity index (χ0n) is 33.3. The Bertz CT molecular complexity index is 3230. The molecule has 10 aromatic rings. The molecule has 0 atom stereocenters. The summed E-state index contributed by atoms with van der Waals surface area (Å²) in [5.74, 6) is 0.695. The van der Waals surface area contributed by atoms with Crippen molar-refractivity contribution in [3.05, 3.63) is 253 Å². The normalized spacial score (nSPS) is 12.7. The van der Waals surface area contributed by atoms with Gasteiger partial charge in [0, 0.05) is 16.7 Å². The molecular formula is C59H38N2. The Morgan fingerprint density at radius 2 is 0.607 bits per heavy atom. The molecule has 2 heteroatoms. The minimum absolute atomic E-state index is 0.534. The largest absolute Gasteiger partial charge is 0.228 e. The van der Waals surface area contributed by atoms with E-state index in [2.05, 4.69) is 231 Å². The molecule has 0 saturated heterocycles. The van der Waals surface area contributed by atoms with Gasteiger partial charge in [0.25, 0.3) is 0 Å². The summed E-state index contributed by atoms with van der Waals surface area (Å²) in [6.07, 6.45) is 0. The predicted octanol–water partition coefficient (Wildman–Crippen LogP) is 14.8. The Hall–Kier alpha value is -7.94. The molecule has 12 rings (SSSR count). The maximum atomic E-state index is 5.44. The fourth-order valence-electron chi connectivity index (χ4n) is 10.1. The van der Waals surface area contributed by atoms with Crippen molar-refractivity contribution < 1.29 is 0 Å². The average molecular weight is 775 g/mol. The zero-order valence-corrected chi connectivity index (χ0v) is 33.3. The van der Waals surface area contributed by atoms with E-state index in [1.165, 1.54) is 66.8 Å². The second-order valence-corrected chi connectivity index (χ2v) is 16.0. The molecule has 0 bridgehead atoms. The summed E-state index contributed by atoms with van der Waals surface area (Å²) in [6, 6.07) is 83.5. The van der Waals surface area contributed by atoms with Crippen LogP contribution in [0.4, 0.5) is 0 Å². The lowest BCUT2D eigenvalue weighted by molar-refractivity contribution is 0.775. The number of hydrogen-bond donors (Lipinski definition) is 0. The lowest BCUT2D eigenvalue weighted by atomic mass is 9.66. The van der Waals surface area contributed by atoms with E-state index in [0.29, 0.717) is 5.82 Å². The maximum absolute atomic E-state index is 5.44. The predicted molar refractivity (Wildman–Crippen MR) is 251 cm³/mol. The third-order valence-electron chi connectivity index (χ3n) is 12.8. The quantitative estimate of drug-likeness (QED) is 0.174. The van der Waals surface area contributed by atoms with E-state index < -0.39 is 5.41 Å². The number of hydrogen-bond acceptors (Lipinski definition) is 2. The van der Waals surface area contributed by atoms with Crippen molar-refractivity contribution in [2.45, 2.75) is 5.41 Å². The number of nitrogens with zero attached hydrogens (tertiary/aromatic N) is 2. The van der Waals surface area contributed by atoms with Crippen molar-refractivity contribution in [3.8, 4) is 89.5 Å². The molecule has 0 unspecified atom stereocenters. The average Bonchev–Trinajstić information content (AvgIpc) is 3.58. The Balaban J connectivity index is 1.09. The summed E-state index contributed by atoms with van der Waals surface area (Å²) in [7, 11) is 0. The van der Waals surface area contributed by atoms with Gasteiger partial charge in [-0.3, -0.25) is 0 Å². The van der Waals surface area contributed by atoms with Crippen LogP contribution in [0.2, 0.25) is 0 Å². The zero-order chi connectivity index (χ0) is 40.3. The first-order chi connectivity index (χ1) is 30.3. The summed E-state index contributed by atoms with van der Waals surface area (Å²) < 4.78 is 0. The number of rotatable bonds is 5. The molecule has 1 spiro atoms. The molecule has 2 nitrogen and oxygen atoms in total. The van der Waals surface area contributed by atoms with Gasteiger partial charge in [0.2, 0.25) is 0 Å². The van der Waals surface area contributed by atoms with Crippen LogP contribution in [0.1, 0.15) is 22.3 Å². The van der Waals surface area contributed by atoms with Gasteiger partial charge in [-0.2, -0.15) is 0 Å². The van der Waals surface area contributed by atoms with Gasteiger partial charge in [0.1, 0.15) is 0 Å². The number of aromatic nitrogens is 2. The van der Waals surface area contributed by atoms with Crippen molar-refractivity contribution in [2.24, 2.45) is 0 Å². The van der Waals surface area contributed by atoms with E-state index in [1.807, 2.05) is 0 Å². The smallest absolute Gasteiger partial charge is 0.161 e. The van der Waals surface area contributed by atoms with Crippen molar-refractivity contribution in [3.63, 3.8) is 0 Å². The highest BCUT2D eigenvalue weighted by molar-refractivity contribution is 5.98. The first kappa shape index (κ1) is 35.0. The lowest BCUT2D eigenvalue weighted by Gasteiger charge is -2.35. The van der Waals surface area contributed by atoms with E-state index in [0.717, 1.165) is 39.2 Å². The minimum atomic E-state index is -0.534. The summed E-state index contributed by atoms with van der Waals surface area (Å²) in [5, 5.41) is 0. The van der Waals surface area contributed by atoms with Crippen LogP contribution in [0, 0.1) is 0 Å². The van der Waals surface area contributed by atoms with Gasteiger partial charge in [-0.1, -0.05) is 218 Å². The molecule has 0 radical (unpaired) electrons.